The zero-order valence-electron chi connectivity index (χ0n) is 10.8. The molecule has 1 aliphatic rings. The molecular weight excluding hydrogens is 208 g/mol. The number of rotatable bonds is 4. The molecule has 0 N–H and O–H groups in total. The molecule has 2 rings (SSSR count). The molecule has 90 valence electrons. The molecule has 1 atom stereocenters. The van der Waals surface area contributed by atoms with Gasteiger partial charge >= 0.3 is 0 Å². The molecule has 0 radical (unpaired) electrons. The molecule has 0 bridgehead atoms. The van der Waals surface area contributed by atoms with Crippen molar-refractivity contribution in [3.8, 4) is 0 Å². The maximum atomic E-state index is 4.05. The Morgan fingerprint density at radius 1 is 1.29 bits per heavy atom. The predicted molar refractivity (Wildman–Crippen MR) is 72.2 cm³/mol. The van der Waals surface area contributed by atoms with Crippen LogP contribution in [0.15, 0.2) is 42.9 Å². The predicted octanol–water partition coefficient (Wildman–Crippen LogP) is 3.24. The van der Waals surface area contributed by atoms with Crippen LogP contribution in [0.5, 0.6) is 0 Å². The molecule has 1 aromatic rings. The van der Waals surface area contributed by atoms with Crippen molar-refractivity contribution in [2.45, 2.75) is 19.8 Å². The maximum Gasteiger partial charge on any atom is 0.102 e. The Bertz CT molecular complexity index is 420. The number of unbranched alkanes of at least 4 members (excludes halogenated alkanes) is 1. The van der Waals surface area contributed by atoms with E-state index in [1.807, 2.05) is 12.4 Å². The molecule has 0 amide bonds. The summed E-state index contributed by atoms with van der Waals surface area (Å²) < 4.78 is 1.03. The molecule has 0 aromatic carbocycles. The van der Waals surface area contributed by atoms with E-state index in [4.69, 9.17) is 0 Å². The molecular formula is C15H21N2+. The second kappa shape index (κ2) is 5.28. The van der Waals surface area contributed by atoms with Gasteiger partial charge in [-0.1, -0.05) is 13.3 Å². The molecule has 1 unspecified atom stereocenters. The lowest BCUT2D eigenvalue weighted by Gasteiger charge is -2.31. The number of hydrogen-bond acceptors (Lipinski definition) is 1. The first-order valence-electron chi connectivity index (χ1n) is 6.37. The van der Waals surface area contributed by atoms with Crippen LogP contribution in [0.3, 0.4) is 0 Å². The van der Waals surface area contributed by atoms with Gasteiger partial charge in [-0.15, -0.1) is 0 Å². The van der Waals surface area contributed by atoms with Crippen molar-refractivity contribution < 1.29 is 4.48 Å². The van der Waals surface area contributed by atoms with Crippen molar-refractivity contribution in [3.63, 3.8) is 0 Å². The van der Waals surface area contributed by atoms with Crippen molar-refractivity contribution >= 4 is 5.57 Å². The van der Waals surface area contributed by atoms with E-state index in [1.165, 1.54) is 30.5 Å². The fourth-order valence-corrected chi connectivity index (χ4v) is 2.14. The van der Waals surface area contributed by atoms with Crippen LogP contribution in [-0.4, -0.2) is 29.6 Å². The molecule has 17 heavy (non-hydrogen) atoms. The average molecular weight is 229 g/mol. The lowest BCUT2D eigenvalue weighted by molar-refractivity contribution is -0.854. The Labute approximate surface area is 104 Å². The van der Waals surface area contributed by atoms with Crippen LogP contribution >= 0.6 is 0 Å². The SMILES string of the molecule is CCCC[N+]1(C)C=CC(c2ccncc2)=CC1. The van der Waals surface area contributed by atoms with E-state index in [0.29, 0.717) is 0 Å². The van der Waals surface area contributed by atoms with E-state index in [1.54, 1.807) is 0 Å². The van der Waals surface area contributed by atoms with Crippen molar-refractivity contribution in [2.24, 2.45) is 0 Å². The second-order valence-corrected chi connectivity index (χ2v) is 4.95. The summed E-state index contributed by atoms with van der Waals surface area (Å²) in [5.74, 6) is 0. The average Bonchev–Trinajstić information content (AvgIpc) is 2.38. The number of nitrogens with zero attached hydrogens (tertiary/aromatic N) is 2. The second-order valence-electron chi connectivity index (χ2n) is 4.95. The first-order chi connectivity index (χ1) is 8.23. The Morgan fingerprint density at radius 2 is 2.06 bits per heavy atom. The molecule has 1 aliphatic heterocycles. The highest BCUT2D eigenvalue weighted by Gasteiger charge is 2.20. The Hall–Kier alpha value is -1.41. The first kappa shape index (κ1) is 12.1. The lowest BCUT2D eigenvalue weighted by Crippen LogP contribution is -2.40. The molecule has 0 saturated carbocycles. The summed E-state index contributed by atoms with van der Waals surface area (Å²) in [5, 5.41) is 0. The monoisotopic (exact) mass is 229 g/mol. The van der Waals surface area contributed by atoms with E-state index in [2.05, 4.69) is 49.4 Å². The summed E-state index contributed by atoms with van der Waals surface area (Å²) in [6.45, 7) is 4.57. The van der Waals surface area contributed by atoms with Crippen LogP contribution in [0.2, 0.25) is 0 Å². The van der Waals surface area contributed by atoms with Crippen LogP contribution in [0, 0.1) is 0 Å². The zero-order valence-corrected chi connectivity index (χ0v) is 10.8. The minimum Gasteiger partial charge on any atom is -0.296 e. The van der Waals surface area contributed by atoms with Gasteiger partial charge in [-0.3, -0.25) is 9.47 Å². The number of aromatic nitrogens is 1. The zero-order chi connectivity index (χ0) is 12.1. The molecule has 2 nitrogen and oxygen atoms in total. The summed E-state index contributed by atoms with van der Waals surface area (Å²) in [5.41, 5.74) is 2.58. The van der Waals surface area contributed by atoms with Crippen LogP contribution in [0.1, 0.15) is 25.3 Å². The normalized spacial score (nSPS) is 23.5. The van der Waals surface area contributed by atoms with Gasteiger partial charge in [0.1, 0.15) is 6.54 Å². The Balaban J connectivity index is 2.06. The van der Waals surface area contributed by atoms with Crippen molar-refractivity contribution in [1.82, 2.24) is 4.98 Å². The lowest BCUT2D eigenvalue weighted by atomic mass is 10.0. The van der Waals surface area contributed by atoms with Crippen molar-refractivity contribution in [2.75, 3.05) is 20.1 Å². The first-order valence-corrected chi connectivity index (χ1v) is 6.37. The van der Waals surface area contributed by atoms with Crippen molar-refractivity contribution in [1.29, 1.82) is 0 Å². The minimum atomic E-state index is 1.03. The van der Waals surface area contributed by atoms with Gasteiger partial charge in [0.15, 0.2) is 0 Å². The fourth-order valence-electron chi connectivity index (χ4n) is 2.14. The number of allylic oxidation sites excluding steroid dienone is 2. The maximum absolute atomic E-state index is 4.05. The topological polar surface area (TPSA) is 12.9 Å². The summed E-state index contributed by atoms with van der Waals surface area (Å²) >= 11 is 0. The molecule has 0 fully saturated rings. The van der Waals surface area contributed by atoms with E-state index >= 15 is 0 Å². The standard InChI is InChI=1S/C15H21N2/c1-3-4-11-17(2)12-7-15(8-13-17)14-5-9-16-10-6-14/h5-10,12H,3-4,11,13H2,1-2H3/q+1. The van der Waals surface area contributed by atoms with Gasteiger partial charge in [0.25, 0.3) is 0 Å². The van der Waals surface area contributed by atoms with Gasteiger partial charge < -0.3 is 0 Å². The molecule has 0 aliphatic carbocycles. The highest BCUT2D eigenvalue weighted by molar-refractivity contribution is 5.73. The smallest absolute Gasteiger partial charge is 0.102 e. The third-order valence-corrected chi connectivity index (χ3v) is 3.38. The third-order valence-electron chi connectivity index (χ3n) is 3.38. The summed E-state index contributed by atoms with van der Waals surface area (Å²) in [4.78, 5) is 4.05. The van der Waals surface area contributed by atoms with Gasteiger partial charge in [0.05, 0.1) is 19.8 Å². The van der Waals surface area contributed by atoms with Gasteiger partial charge in [-0.25, -0.2) is 0 Å². The van der Waals surface area contributed by atoms with E-state index in [-0.39, 0.29) is 0 Å². The molecule has 0 saturated heterocycles. The highest BCUT2D eigenvalue weighted by Crippen LogP contribution is 2.22. The quantitative estimate of drug-likeness (QED) is 0.722. The van der Waals surface area contributed by atoms with Crippen LogP contribution in [-0.2, 0) is 0 Å². The number of likely N-dealkylation sites (N-methyl/N-ethyl adjacent to an activating group) is 1. The van der Waals surface area contributed by atoms with E-state index in [9.17, 15) is 0 Å². The van der Waals surface area contributed by atoms with E-state index < -0.39 is 0 Å². The number of pyridine rings is 1. The molecule has 1 aromatic heterocycles. The Kier molecular flexibility index (Phi) is 3.75. The Morgan fingerprint density at radius 3 is 2.65 bits per heavy atom. The summed E-state index contributed by atoms with van der Waals surface area (Å²) in [6, 6.07) is 4.13. The number of hydrogen-bond donors (Lipinski definition) is 0. The number of quaternary nitrogens is 1. The largest absolute Gasteiger partial charge is 0.296 e. The highest BCUT2D eigenvalue weighted by atomic mass is 15.3. The molecule has 2 heteroatoms. The molecule has 2 heterocycles. The molecule has 0 spiro atoms. The van der Waals surface area contributed by atoms with Gasteiger partial charge in [-0.2, -0.15) is 0 Å². The van der Waals surface area contributed by atoms with Crippen LogP contribution in [0.4, 0.5) is 0 Å². The van der Waals surface area contributed by atoms with Gasteiger partial charge in [-0.05, 0) is 41.8 Å². The van der Waals surface area contributed by atoms with Gasteiger partial charge in [0, 0.05) is 12.4 Å². The minimum absolute atomic E-state index is 1.03. The summed E-state index contributed by atoms with van der Waals surface area (Å²) in [6.07, 6.45) is 13.2. The summed E-state index contributed by atoms with van der Waals surface area (Å²) in [7, 11) is 2.30. The van der Waals surface area contributed by atoms with Crippen LogP contribution in [0.25, 0.3) is 5.57 Å². The van der Waals surface area contributed by atoms with Crippen LogP contribution < -0.4 is 0 Å². The fraction of sp³-hybridized carbons (Fsp3) is 0.400. The van der Waals surface area contributed by atoms with E-state index in [0.717, 1.165) is 11.0 Å². The third kappa shape index (κ3) is 3.04. The van der Waals surface area contributed by atoms with Gasteiger partial charge in [0.2, 0.25) is 0 Å². The van der Waals surface area contributed by atoms with Crippen molar-refractivity contribution in [3.05, 3.63) is 48.4 Å².